The van der Waals surface area contributed by atoms with Crippen molar-refractivity contribution in [3.8, 4) is 0 Å². The molecule has 0 aliphatic heterocycles. The summed E-state index contributed by atoms with van der Waals surface area (Å²) in [7, 11) is -4.34. The number of esters is 1. The van der Waals surface area contributed by atoms with E-state index in [9.17, 15) is 23.3 Å². The van der Waals surface area contributed by atoms with Gasteiger partial charge in [-0.25, -0.2) is 13.2 Å². The number of sulfonamides is 1. The van der Waals surface area contributed by atoms with Gasteiger partial charge in [0, 0.05) is 6.07 Å². The number of hydrogen-bond acceptors (Lipinski definition) is 6. The fourth-order valence-electron chi connectivity index (χ4n) is 2.18. The second-order valence-electron chi connectivity index (χ2n) is 4.94. The highest BCUT2D eigenvalue weighted by Gasteiger charge is 2.32. The number of para-hydroxylation sites is 1. The zero-order chi connectivity index (χ0) is 18.4. The van der Waals surface area contributed by atoms with Gasteiger partial charge in [0.05, 0.1) is 11.5 Å². The normalized spacial score (nSPS) is 12.4. The molecule has 0 aromatic heterocycles. The Bertz CT molecular complexity index is 867. The molecule has 9 heteroatoms. The molecular weight excluding hydrogens is 348 g/mol. The monoisotopic (exact) mass is 364 g/mol. The molecule has 132 valence electrons. The highest BCUT2D eigenvalue weighted by atomic mass is 32.2. The number of hydrogen-bond donors (Lipinski definition) is 1. The molecule has 0 aliphatic rings. The Morgan fingerprint density at radius 2 is 1.76 bits per heavy atom. The molecule has 8 nitrogen and oxygen atoms in total. The van der Waals surface area contributed by atoms with Crippen LogP contribution in [0.25, 0.3) is 0 Å². The van der Waals surface area contributed by atoms with E-state index in [1.807, 2.05) is 0 Å². The van der Waals surface area contributed by atoms with E-state index in [0.717, 1.165) is 12.1 Å². The van der Waals surface area contributed by atoms with E-state index in [1.54, 1.807) is 37.3 Å². The minimum absolute atomic E-state index is 0.0649. The van der Waals surface area contributed by atoms with E-state index in [4.69, 9.17) is 4.74 Å². The first-order chi connectivity index (χ1) is 11.9. The van der Waals surface area contributed by atoms with Crippen LogP contribution in [-0.4, -0.2) is 25.9 Å². The van der Waals surface area contributed by atoms with Crippen LogP contribution in [0.3, 0.4) is 0 Å². The van der Waals surface area contributed by atoms with Crippen LogP contribution in [-0.2, 0) is 19.6 Å². The highest BCUT2D eigenvalue weighted by Crippen LogP contribution is 2.25. The minimum Gasteiger partial charge on any atom is -0.465 e. The number of nitrogens with one attached hydrogen (secondary N) is 1. The van der Waals surface area contributed by atoms with Crippen LogP contribution in [0, 0.1) is 10.1 Å². The topological polar surface area (TPSA) is 116 Å². The van der Waals surface area contributed by atoms with Crippen molar-refractivity contribution in [2.24, 2.45) is 0 Å². The maximum atomic E-state index is 12.6. The number of nitro groups is 1. The molecule has 1 atom stereocenters. The molecule has 0 amide bonds. The lowest BCUT2D eigenvalue weighted by Gasteiger charge is -2.17. The lowest BCUT2D eigenvalue weighted by atomic mass is 10.1. The standard InChI is InChI=1S/C16H16N2O6S/c1-2-24-16(19)15(12-8-4-3-5-9-12)17-25(22,23)14-11-7-6-10-13(14)18(20)21/h3-11,15,17H,2H2,1H3. The largest absolute Gasteiger partial charge is 0.465 e. The van der Waals surface area contributed by atoms with E-state index in [0.29, 0.717) is 5.56 Å². The van der Waals surface area contributed by atoms with Crippen molar-refractivity contribution < 1.29 is 22.9 Å². The smallest absolute Gasteiger partial charge is 0.328 e. The van der Waals surface area contributed by atoms with Crippen molar-refractivity contribution >= 4 is 21.7 Å². The minimum atomic E-state index is -4.34. The molecule has 0 fully saturated rings. The lowest BCUT2D eigenvalue weighted by Crippen LogP contribution is -2.35. The fraction of sp³-hybridized carbons (Fsp3) is 0.188. The van der Waals surface area contributed by atoms with Crippen LogP contribution in [0.4, 0.5) is 5.69 Å². The van der Waals surface area contributed by atoms with Gasteiger partial charge in [-0.1, -0.05) is 42.5 Å². The Hall–Kier alpha value is -2.78. The van der Waals surface area contributed by atoms with Gasteiger partial charge in [-0.3, -0.25) is 10.1 Å². The Kier molecular flexibility index (Phi) is 5.84. The molecule has 2 rings (SSSR count). The van der Waals surface area contributed by atoms with Gasteiger partial charge in [-0.2, -0.15) is 4.72 Å². The van der Waals surface area contributed by atoms with Gasteiger partial charge < -0.3 is 4.74 Å². The molecule has 0 aliphatic carbocycles. The van der Waals surface area contributed by atoms with Crippen molar-refractivity contribution in [2.75, 3.05) is 6.61 Å². The highest BCUT2D eigenvalue weighted by molar-refractivity contribution is 7.89. The number of carbonyl (C=O) groups is 1. The average molecular weight is 364 g/mol. The summed E-state index contributed by atoms with van der Waals surface area (Å²) in [5, 5.41) is 11.1. The number of benzene rings is 2. The predicted molar refractivity (Wildman–Crippen MR) is 89.2 cm³/mol. The zero-order valence-corrected chi connectivity index (χ0v) is 14.1. The Balaban J connectivity index is 2.44. The summed E-state index contributed by atoms with van der Waals surface area (Å²) in [6, 6.07) is 11.7. The van der Waals surface area contributed by atoms with Gasteiger partial charge in [0.2, 0.25) is 10.0 Å². The number of rotatable bonds is 7. The van der Waals surface area contributed by atoms with Crippen LogP contribution in [0.15, 0.2) is 59.5 Å². The van der Waals surface area contributed by atoms with Crippen LogP contribution < -0.4 is 4.72 Å². The van der Waals surface area contributed by atoms with Crippen molar-refractivity contribution in [3.63, 3.8) is 0 Å². The first kappa shape index (κ1) is 18.6. The summed E-state index contributed by atoms with van der Waals surface area (Å²) in [5.74, 6) is -0.796. The summed E-state index contributed by atoms with van der Waals surface area (Å²) >= 11 is 0. The molecule has 0 heterocycles. The van der Waals surface area contributed by atoms with Crippen LogP contribution in [0.2, 0.25) is 0 Å². The summed E-state index contributed by atoms with van der Waals surface area (Å²) in [6.45, 7) is 1.66. The lowest BCUT2D eigenvalue weighted by molar-refractivity contribution is -0.387. The van der Waals surface area contributed by atoms with Crippen molar-refractivity contribution in [3.05, 3.63) is 70.3 Å². The Morgan fingerprint density at radius 1 is 1.16 bits per heavy atom. The number of nitrogens with zero attached hydrogens (tertiary/aromatic N) is 1. The quantitative estimate of drug-likeness (QED) is 0.457. The van der Waals surface area contributed by atoms with Crippen molar-refractivity contribution in [2.45, 2.75) is 17.9 Å². The molecule has 0 radical (unpaired) electrons. The average Bonchev–Trinajstić information content (AvgIpc) is 2.60. The SMILES string of the molecule is CCOC(=O)C(NS(=O)(=O)c1ccccc1[N+](=O)[O-])c1ccccc1. The van der Waals surface area contributed by atoms with Crippen molar-refractivity contribution in [1.29, 1.82) is 0 Å². The second-order valence-corrected chi connectivity index (χ2v) is 6.62. The predicted octanol–water partition coefficient (Wildman–Crippen LogP) is 2.18. The number of nitro benzene ring substituents is 1. The van der Waals surface area contributed by atoms with Gasteiger partial charge in [0.1, 0.15) is 6.04 Å². The molecule has 25 heavy (non-hydrogen) atoms. The summed E-state index contributed by atoms with van der Waals surface area (Å²) in [5.41, 5.74) is -0.214. The number of carbonyl (C=O) groups excluding carboxylic acids is 1. The van der Waals surface area contributed by atoms with E-state index < -0.39 is 37.5 Å². The van der Waals surface area contributed by atoms with Crippen LogP contribution >= 0.6 is 0 Å². The van der Waals surface area contributed by atoms with Gasteiger partial charge in [-0.15, -0.1) is 0 Å². The first-order valence-electron chi connectivity index (χ1n) is 7.34. The third kappa shape index (κ3) is 4.40. The van der Waals surface area contributed by atoms with Crippen molar-refractivity contribution in [1.82, 2.24) is 4.72 Å². The first-order valence-corrected chi connectivity index (χ1v) is 8.82. The van der Waals surface area contributed by atoms with Crippen LogP contribution in [0.5, 0.6) is 0 Å². The van der Waals surface area contributed by atoms with Gasteiger partial charge in [-0.05, 0) is 18.6 Å². The molecule has 0 spiro atoms. The van der Waals surface area contributed by atoms with E-state index >= 15 is 0 Å². The Labute approximate surface area is 144 Å². The molecule has 2 aromatic carbocycles. The second kappa shape index (κ2) is 7.86. The molecule has 1 unspecified atom stereocenters. The van der Waals surface area contributed by atoms with E-state index in [2.05, 4.69) is 4.72 Å². The molecule has 0 saturated heterocycles. The molecule has 0 saturated carbocycles. The molecular formula is C16H16N2O6S. The third-order valence-corrected chi connectivity index (χ3v) is 4.75. The maximum Gasteiger partial charge on any atom is 0.328 e. The fourth-order valence-corrected chi connectivity index (χ4v) is 3.52. The van der Waals surface area contributed by atoms with Gasteiger partial charge in [0.25, 0.3) is 5.69 Å². The zero-order valence-electron chi connectivity index (χ0n) is 13.3. The Morgan fingerprint density at radius 3 is 2.36 bits per heavy atom. The third-order valence-electron chi connectivity index (χ3n) is 3.28. The summed E-state index contributed by atoms with van der Waals surface area (Å²) < 4.78 is 32.4. The van der Waals surface area contributed by atoms with E-state index in [-0.39, 0.29) is 6.61 Å². The van der Waals surface area contributed by atoms with Gasteiger partial charge >= 0.3 is 5.97 Å². The molecule has 1 N–H and O–H groups in total. The van der Waals surface area contributed by atoms with E-state index in [1.165, 1.54) is 12.1 Å². The molecule has 2 aromatic rings. The summed E-state index contributed by atoms with van der Waals surface area (Å²) in [6.07, 6.45) is 0. The molecule has 0 bridgehead atoms. The van der Waals surface area contributed by atoms with Gasteiger partial charge in [0.15, 0.2) is 4.90 Å². The summed E-state index contributed by atoms with van der Waals surface area (Å²) in [4.78, 5) is 22.0. The number of ether oxygens (including phenoxy) is 1. The van der Waals surface area contributed by atoms with Crippen LogP contribution in [0.1, 0.15) is 18.5 Å². The maximum absolute atomic E-state index is 12.6.